The lowest BCUT2D eigenvalue weighted by Crippen LogP contribution is -2.41. The molecule has 126 valence electrons. The SMILES string of the molecule is CCC1c2ccsc2CCN1C(=O)Nc1cncc(C(=O)OC)c1. The Balaban J connectivity index is 1.77. The molecule has 1 aliphatic heterocycles. The summed E-state index contributed by atoms with van der Waals surface area (Å²) in [5.74, 6) is -0.481. The third-order valence-electron chi connectivity index (χ3n) is 4.15. The van der Waals surface area contributed by atoms with E-state index in [0.717, 1.165) is 12.8 Å². The van der Waals surface area contributed by atoms with Crippen molar-refractivity contribution in [1.29, 1.82) is 0 Å². The van der Waals surface area contributed by atoms with Crippen molar-refractivity contribution < 1.29 is 14.3 Å². The van der Waals surface area contributed by atoms with Crippen LogP contribution < -0.4 is 5.32 Å². The van der Waals surface area contributed by atoms with E-state index in [4.69, 9.17) is 0 Å². The van der Waals surface area contributed by atoms with E-state index in [9.17, 15) is 9.59 Å². The normalized spacial score (nSPS) is 16.4. The van der Waals surface area contributed by atoms with Crippen molar-refractivity contribution in [3.05, 3.63) is 45.9 Å². The Morgan fingerprint density at radius 3 is 3.04 bits per heavy atom. The van der Waals surface area contributed by atoms with Gasteiger partial charge in [-0.2, -0.15) is 0 Å². The molecule has 1 N–H and O–H groups in total. The van der Waals surface area contributed by atoms with Gasteiger partial charge in [-0.1, -0.05) is 6.92 Å². The van der Waals surface area contributed by atoms with E-state index in [1.807, 2.05) is 4.90 Å². The minimum Gasteiger partial charge on any atom is -0.465 e. The van der Waals surface area contributed by atoms with E-state index in [0.29, 0.717) is 17.8 Å². The number of esters is 1. The van der Waals surface area contributed by atoms with Crippen molar-refractivity contribution >= 4 is 29.0 Å². The Hall–Kier alpha value is -2.41. The highest BCUT2D eigenvalue weighted by atomic mass is 32.1. The summed E-state index contributed by atoms with van der Waals surface area (Å²) in [6, 6.07) is 3.57. The number of methoxy groups -OCH3 is 1. The Morgan fingerprint density at radius 1 is 1.46 bits per heavy atom. The molecule has 3 rings (SSSR count). The molecule has 0 aromatic carbocycles. The van der Waals surface area contributed by atoms with Gasteiger partial charge in [-0.05, 0) is 35.9 Å². The molecule has 1 atom stereocenters. The number of aromatic nitrogens is 1. The Kier molecular flexibility index (Phi) is 4.80. The number of nitrogens with one attached hydrogen (secondary N) is 1. The summed E-state index contributed by atoms with van der Waals surface area (Å²) in [5, 5.41) is 4.92. The van der Waals surface area contributed by atoms with Gasteiger partial charge in [0.25, 0.3) is 0 Å². The largest absolute Gasteiger partial charge is 0.465 e. The van der Waals surface area contributed by atoms with Gasteiger partial charge in [-0.3, -0.25) is 4.98 Å². The number of carbonyl (C=O) groups is 2. The van der Waals surface area contributed by atoms with Gasteiger partial charge in [0.15, 0.2) is 0 Å². The number of amides is 2. The Labute approximate surface area is 144 Å². The minimum atomic E-state index is -0.481. The number of anilines is 1. The summed E-state index contributed by atoms with van der Waals surface area (Å²) in [6.45, 7) is 2.76. The van der Waals surface area contributed by atoms with Gasteiger partial charge in [0, 0.05) is 17.6 Å². The Bertz CT molecular complexity index is 759. The molecule has 6 nitrogen and oxygen atoms in total. The number of ether oxygens (including phenoxy) is 1. The summed E-state index contributed by atoms with van der Waals surface area (Å²) in [5.41, 5.74) is 2.03. The maximum Gasteiger partial charge on any atom is 0.339 e. The van der Waals surface area contributed by atoms with Gasteiger partial charge in [0.2, 0.25) is 0 Å². The van der Waals surface area contributed by atoms with Crippen molar-refractivity contribution in [3.63, 3.8) is 0 Å². The fraction of sp³-hybridized carbons (Fsp3) is 0.353. The molecule has 0 bridgehead atoms. The van der Waals surface area contributed by atoms with E-state index in [1.165, 1.54) is 29.9 Å². The highest BCUT2D eigenvalue weighted by Crippen LogP contribution is 2.35. The fourth-order valence-electron chi connectivity index (χ4n) is 3.01. The van der Waals surface area contributed by atoms with E-state index in [2.05, 4.69) is 33.4 Å². The topological polar surface area (TPSA) is 71.5 Å². The molecule has 1 aliphatic rings. The number of hydrogen-bond donors (Lipinski definition) is 1. The molecule has 2 amide bonds. The van der Waals surface area contributed by atoms with Gasteiger partial charge in [0.1, 0.15) is 0 Å². The number of fused-ring (bicyclic) bond motifs is 1. The summed E-state index contributed by atoms with van der Waals surface area (Å²) in [4.78, 5) is 31.5. The lowest BCUT2D eigenvalue weighted by Gasteiger charge is -2.35. The molecule has 7 heteroatoms. The summed E-state index contributed by atoms with van der Waals surface area (Å²) in [6.07, 6.45) is 4.66. The molecule has 2 aromatic rings. The van der Waals surface area contributed by atoms with Crippen molar-refractivity contribution in [2.45, 2.75) is 25.8 Å². The first-order chi connectivity index (χ1) is 11.6. The molecule has 0 aliphatic carbocycles. The molecule has 1 unspecified atom stereocenters. The zero-order valence-corrected chi connectivity index (χ0v) is 14.4. The van der Waals surface area contributed by atoms with Gasteiger partial charge >= 0.3 is 12.0 Å². The van der Waals surface area contributed by atoms with Crippen LogP contribution in [0.25, 0.3) is 0 Å². The van der Waals surface area contributed by atoms with Crippen LogP contribution in [0.3, 0.4) is 0 Å². The van der Waals surface area contributed by atoms with Crippen molar-refractivity contribution in [2.24, 2.45) is 0 Å². The second-order valence-electron chi connectivity index (χ2n) is 5.55. The molecular formula is C17H19N3O3S. The van der Waals surface area contributed by atoms with Gasteiger partial charge < -0.3 is 15.0 Å². The first kappa shape index (κ1) is 16.4. The number of urea groups is 1. The predicted octanol–water partition coefficient (Wildman–Crippen LogP) is 3.47. The molecule has 0 saturated heterocycles. The molecule has 0 fully saturated rings. The molecular weight excluding hydrogens is 326 g/mol. The average molecular weight is 345 g/mol. The van der Waals surface area contributed by atoms with Crippen LogP contribution in [-0.4, -0.2) is 35.5 Å². The maximum absolute atomic E-state index is 12.7. The predicted molar refractivity (Wildman–Crippen MR) is 92.4 cm³/mol. The van der Waals surface area contributed by atoms with Crippen molar-refractivity contribution in [1.82, 2.24) is 9.88 Å². The van der Waals surface area contributed by atoms with E-state index >= 15 is 0 Å². The summed E-state index contributed by atoms with van der Waals surface area (Å²) in [7, 11) is 1.31. The second kappa shape index (κ2) is 7.00. The lowest BCUT2D eigenvalue weighted by atomic mass is 9.98. The number of rotatable bonds is 3. The number of nitrogens with zero attached hydrogens (tertiary/aromatic N) is 2. The highest BCUT2D eigenvalue weighted by molar-refractivity contribution is 7.10. The molecule has 2 aromatic heterocycles. The molecule has 3 heterocycles. The standard InChI is InChI=1S/C17H19N3O3S/c1-3-14-13-5-7-24-15(13)4-6-20(14)17(22)19-12-8-11(9-18-10-12)16(21)23-2/h5,7-10,14H,3-4,6H2,1-2H3,(H,19,22). The van der Waals surface area contributed by atoms with Crippen LogP contribution in [0.2, 0.25) is 0 Å². The van der Waals surface area contributed by atoms with Gasteiger partial charge in [-0.25, -0.2) is 9.59 Å². The van der Waals surface area contributed by atoms with Crippen LogP contribution in [0, 0.1) is 0 Å². The fourth-order valence-corrected chi connectivity index (χ4v) is 3.94. The minimum absolute atomic E-state index is 0.0803. The third kappa shape index (κ3) is 3.12. The highest BCUT2D eigenvalue weighted by Gasteiger charge is 2.30. The Morgan fingerprint density at radius 2 is 2.29 bits per heavy atom. The first-order valence-electron chi connectivity index (χ1n) is 7.81. The van der Waals surface area contributed by atoms with E-state index in [1.54, 1.807) is 17.4 Å². The lowest BCUT2D eigenvalue weighted by molar-refractivity contribution is 0.0600. The van der Waals surface area contributed by atoms with Gasteiger partial charge in [0.05, 0.1) is 30.6 Å². The van der Waals surface area contributed by atoms with Crippen LogP contribution in [0.5, 0.6) is 0 Å². The zero-order chi connectivity index (χ0) is 17.1. The maximum atomic E-state index is 12.7. The van der Waals surface area contributed by atoms with Crippen LogP contribution >= 0.6 is 11.3 Å². The number of pyridine rings is 1. The average Bonchev–Trinajstić information content (AvgIpc) is 3.09. The van der Waals surface area contributed by atoms with E-state index < -0.39 is 5.97 Å². The summed E-state index contributed by atoms with van der Waals surface area (Å²) < 4.78 is 4.68. The second-order valence-corrected chi connectivity index (χ2v) is 6.55. The number of hydrogen-bond acceptors (Lipinski definition) is 5. The molecule has 0 spiro atoms. The first-order valence-corrected chi connectivity index (χ1v) is 8.69. The van der Waals surface area contributed by atoms with Crippen LogP contribution in [-0.2, 0) is 11.2 Å². The number of thiophene rings is 1. The van der Waals surface area contributed by atoms with Crippen LogP contribution in [0.4, 0.5) is 10.5 Å². The van der Waals surface area contributed by atoms with E-state index in [-0.39, 0.29) is 12.1 Å². The third-order valence-corrected chi connectivity index (χ3v) is 5.15. The van der Waals surface area contributed by atoms with Gasteiger partial charge in [-0.15, -0.1) is 11.3 Å². The monoisotopic (exact) mass is 345 g/mol. The number of carbonyl (C=O) groups excluding carboxylic acids is 2. The smallest absolute Gasteiger partial charge is 0.339 e. The van der Waals surface area contributed by atoms with Crippen LogP contribution in [0.15, 0.2) is 29.9 Å². The summed E-state index contributed by atoms with van der Waals surface area (Å²) >= 11 is 1.75. The van der Waals surface area contributed by atoms with Crippen LogP contribution in [0.1, 0.15) is 40.2 Å². The molecule has 0 saturated carbocycles. The molecule has 0 radical (unpaired) electrons. The zero-order valence-electron chi connectivity index (χ0n) is 13.6. The van der Waals surface area contributed by atoms with Crippen molar-refractivity contribution in [2.75, 3.05) is 19.0 Å². The van der Waals surface area contributed by atoms with Crippen molar-refractivity contribution in [3.8, 4) is 0 Å². The molecule has 24 heavy (non-hydrogen) atoms. The quantitative estimate of drug-likeness (QED) is 0.865.